The molecule has 0 radical (unpaired) electrons. The van der Waals surface area contributed by atoms with Crippen LogP contribution in [0.5, 0.6) is 0 Å². The average Bonchev–Trinajstić information content (AvgIpc) is 3.11. The number of nitrogens with one attached hydrogen (secondary N) is 2. The molecule has 1 atom stereocenters. The molecule has 2 amide bonds. The molecule has 2 heterocycles. The van der Waals surface area contributed by atoms with Gasteiger partial charge < -0.3 is 20.1 Å². The Balaban J connectivity index is 1.57. The second-order valence-corrected chi connectivity index (χ2v) is 9.13. The van der Waals surface area contributed by atoms with Crippen LogP contribution in [0.2, 0.25) is 0 Å². The van der Waals surface area contributed by atoms with E-state index in [9.17, 15) is 14.4 Å². The third-order valence-corrected chi connectivity index (χ3v) is 6.48. The number of nitrogens with zero attached hydrogens (tertiary/aromatic N) is 2. The fraction of sp³-hybridized carbons (Fsp3) is 0.370. The van der Waals surface area contributed by atoms with Gasteiger partial charge in [-0.3, -0.25) is 14.4 Å². The number of aryl methyl sites for hydroxylation is 1. The molecule has 2 N–H and O–H groups in total. The van der Waals surface area contributed by atoms with Crippen LogP contribution in [0.3, 0.4) is 0 Å². The Kier molecular flexibility index (Phi) is 7.12. The number of rotatable bonds is 7. The number of anilines is 1. The number of hydrogen-bond donors (Lipinski definition) is 2. The van der Waals surface area contributed by atoms with Crippen molar-refractivity contribution in [1.29, 1.82) is 0 Å². The quantitative estimate of drug-likeness (QED) is 0.554. The van der Waals surface area contributed by atoms with Crippen LogP contribution < -0.4 is 10.6 Å². The van der Waals surface area contributed by atoms with Crippen LogP contribution in [0.25, 0.3) is 10.9 Å². The third-order valence-electron chi connectivity index (χ3n) is 6.48. The lowest BCUT2D eigenvalue weighted by Crippen LogP contribution is -2.32. The van der Waals surface area contributed by atoms with Gasteiger partial charge in [0.2, 0.25) is 0 Å². The number of carbonyl (C=O) groups is 3. The zero-order valence-electron chi connectivity index (χ0n) is 20.1. The molecule has 0 bridgehead atoms. The zero-order valence-corrected chi connectivity index (χ0v) is 20.1. The Morgan fingerprint density at radius 3 is 2.65 bits per heavy atom. The highest BCUT2D eigenvalue weighted by atomic mass is 16.2. The Morgan fingerprint density at radius 1 is 1.09 bits per heavy atom. The summed E-state index contributed by atoms with van der Waals surface area (Å²) < 4.78 is 2.05. The first-order valence-corrected chi connectivity index (χ1v) is 11.9. The Hall–Kier alpha value is -3.45. The van der Waals surface area contributed by atoms with Gasteiger partial charge in [-0.1, -0.05) is 25.1 Å². The molecule has 1 aliphatic rings. The highest BCUT2D eigenvalue weighted by Crippen LogP contribution is 2.29. The number of fused-ring (bicyclic) bond motifs is 3. The summed E-state index contributed by atoms with van der Waals surface area (Å²) >= 11 is 0. The maximum Gasteiger partial charge on any atom is 0.255 e. The minimum absolute atomic E-state index is 0.0636. The van der Waals surface area contributed by atoms with E-state index in [2.05, 4.69) is 22.1 Å². The van der Waals surface area contributed by atoms with Crippen molar-refractivity contribution >= 4 is 34.2 Å². The third kappa shape index (κ3) is 4.89. The molecule has 3 aromatic rings. The van der Waals surface area contributed by atoms with Crippen LogP contribution in [0.4, 0.5) is 5.69 Å². The zero-order chi connectivity index (χ0) is 24.2. The van der Waals surface area contributed by atoms with Gasteiger partial charge in [0.15, 0.2) is 5.78 Å². The monoisotopic (exact) mass is 460 g/mol. The van der Waals surface area contributed by atoms with Crippen LogP contribution >= 0.6 is 0 Å². The molecule has 0 fully saturated rings. The fourth-order valence-electron chi connectivity index (χ4n) is 4.54. The predicted molar refractivity (Wildman–Crippen MR) is 135 cm³/mol. The highest BCUT2D eigenvalue weighted by molar-refractivity contribution is 6.10. The van der Waals surface area contributed by atoms with Crippen LogP contribution in [0.15, 0.2) is 48.5 Å². The van der Waals surface area contributed by atoms with Gasteiger partial charge in [-0.15, -0.1) is 0 Å². The largest absolute Gasteiger partial charge is 0.351 e. The number of likely N-dealkylation sites (N-methyl/N-ethyl adjacent to an activating group) is 1. The lowest BCUT2D eigenvalue weighted by atomic mass is 9.95. The fourth-order valence-corrected chi connectivity index (χ4v) is 4.54. The van der Waals surface area contributed by atoms with E-state index in [0.717, 1.165) is 48.9 Å². The van der Waals surface area contributed by atoms with E-state index >= 15 is 0 Å². The van der Waals surface area contributed by atoms with E-state index in [0.29, 0.717) is 23.4 Å². The van der Waals surface area contributed by atoms with Gasteiger partial charge in [0.25, 0.3) is 11.8 Å². The molecule has 0 saturated carbocycles. The molecule has 178 valence electrons. The molecule has 0 aliphatic carbocycles. The second kappa shape index (κ2) is 10.2. The summed E-state index contributed by atoms with van der Waals surface area (Å²) in [5, 5.41) is 6.74. The van der Waals surface area contributed by atoms with Gasteiger partial charge in [-0.25, -0.2) is 0 Å². The average molecular weight is 461 g/mol. The molecule has 2 aromatic carbocycles. The molecule has 0 spiro atoms. The van der Waals surface area contributed by atoms with Crippen LogP contribution in [-0.2, 0) is 6.54 Å². The summed E-state index contributed by atoms with van der Waals surface area (Å²) in [5.41, 5.74) is 2.99. The summed E-state index contributed by atoms with van der Waals surface area (Å²) in [6.45, 7) is 4.07. The predicted octanol–water partition coefficient (Wildman–Crippen LogP) is 4.19. The van der Waals surface area contributed by atoms with E-state index < -0.39 is 0 Å². The summed E-state index contributed by atoms with van der Waals surface area (Å²) in [6.07, 6.45) is 2.68. The number of amides is 2. The summed E-state index contributed by atoms with van der Waals surface area (Å²) in [4.78, 5) is 40.8. The molecule has 7 heteroatoms. The van der Waals surface area contributed by atoms with Crippen molar-refractivity contribution in [2.24, 2.45) is 5.92 Å². The molecule has 34 heavy (non-hydrogen) atoms. The molecule has 4 rings (SSSR count). The van der Waals surface area contributed by atoms with Crippen LogP contribution in [-0.4, -0.2) is 54.2 Å². The van der Waals surface area contributed by atoms with E-state index in [1.807, 2.05) is 37.2 Å². The van der Waals surface area contributed by atoms with Gasteiger partial charge in [0.05, 0.1) is 16.9 Å². The van der Waals surface area contributed by atoms with Crippen molar-refractivity contribution in [3.63, 3.8) is 0 Å². The molecular weight excluding hydrogens is 428 g/mol. The first kappa shape index (κ1) is 23.7. The number of benzene rings is 2. The minimum atomic E-state index is -0.294. The van der Waals surface area contributed by atoms with E-state index in [-0.39, 0.29) is 23.5 Å². The van der Waals surface area contributed by atoms with Crippen molar-refractivity contribution < 1.29 is 14.4 Å². The Morgan fingerprint density at radius 2 is 1.88 bits per heavy atom. The smallest absolute Gasteiger partial charge is 0.255 e. The summed E-state index contributed by atoms with van der Waals surface area (Å²) in [5.74, 6) is -0.267. The Labute approximate surface area is 200 Å². The topological polar surface area (TPSA) is 83.4 Å². The molecular formula is C27H32N4O3. The normalized spacial score (nSPS) is 15.8. The lowest BCUT2D eigenvalue weighted by Gasteiger charge is -2.13. The number of hydrogen-bond acceptors (Lipinski definition) is 4. The maximum absolute atomic E-state index is 13.1. The molecule has 1 aliphatic heterocycles. The summed E-state index contributed by atoms with van der Waals surface area (Å²) in [6, 6.07) is 14.4. The van der Waals surface area contributed by atoms with Gasteiger partial charge in [-0.05, 0) is 63.7 Å². The number of Topliss-reactive ketones (excluding diaryl/α,β-unsaturated/α-hetero) is 1. The van der Waals surface area contributed by atoms with Crippen molar-refractivity contribution in [3.8, 4) is 0 Å². The van der Waals surface area contributed by atoms with Gasteiger partial charge in [0.1, 0.15) is 0 Å². The van der Waals surface area contributed by atoms with Gasteiger partial charge >= 0.3 is 0 Å². The first-order valence-electron chi connectivity index (χ1n) is 11.9. The number of aromatic nitrogens is 1. The molecule has 1 unspecified atom stereocenters. The molecule has 0 saturated heterocycles. The van der Waals surface area contributed by atoms with Crippen molar-refractivity contribution in [2.75, 3.05) is 32.5 Å². The summed E-state index contributed by atoms with van der Waals surface area (Å²) in [7, 11) is 3.89. The van der Waals surface area contributed by atoms with Crippen molar-refractivity contribution in [2.45, 2.75) is 32.7 Å². The second-order valence-electron chi connectivity index (χ2n) is 9.13. The minimum Gasteiger partial charge on any atom is -0.351 e. The van der Waals surface area contributed by atoms with Crippen molar-refractivity contribution in [3.05, 3.63) is 65.4 Å². The standard InChI is InChI=1S/C27H32N4O3/c1-4-18-8-7-14-31-23-17-20(12-11-19(23)16-24(31)25(18)32)26(33)29-22-10-6-5-9-21(22)27(34)28-13-15-30(2)3/h5-6,9-12,16-18H,4,7-8,13-15H2,1-3H3,(H,28,34)(H,29,33). The van der Waals surface area contributed by atoms with Crippen molar-refractivity contribution in [1.82, 2.24) is 14.8 Å². The number of para-hydroxylation sites is 1. The Bertz CT molecular complexity index is 1230. The van der Waals surface area contributed by atoms with E-state index in [1.165, 1.54) is 0 Å². The first-order chi connectivity index (χ1) is 16.4. The van der Waals surface area contributed by atoms with E-state index in [1.54, 1.807) is 30.3 Å². The van der Waals surface area contributed by atoms with Crippen LogP contribution in [0, 0.1) is 5.92 Å². The number of carbonyl (C=O) groups excluding carboxylic acids is 3. The maximum atomic E-state index is 13.1. The lowest BCUT2D eigenvalue weighted by molar-refractivity contribution is 0.0907. The number of ketones is 1. The molecule has 1 aromatic heterocycles. The van der Waals surface area contributed by atoms with Crippen LogP contribution in [0.1, 0.15) is 57.4 Å². The van der Waals surface area contributed by atoms with Gasteiger partial charge in [-0.2, -0.15) is 0 Å². The highest BCUT2D eigenvalue weighted by Gasteiger charge is 2.26. The van der Waals surface area contributed by atoms with E-state index in [4.69, 9.17) is 0 Å². The SMILES string of the molecule is CCC1CCCn2c(cc3ccc(C(=O)Nc4ccccc4C(=O)NCCN(C)C)cc32)C1=O. The van der Waals surface area contributed by atoms with Gasteiger partial charge in [0, 0.05) is 42.0 Å². The molecule has 7 nitrogen and oxygen atoms in total.